The van der Waals surface area contributed by atoms with Gasteiger partial charge in [0.25, 0.3) is 0 Å². The highest BCUT2D eigenvalue weighted by Gasteiger charge is 2.38. The normalized spacial score (nSPS) is 22.2. The van der Waals surface area contributed by atoms with Crippen molar-refractivity contribution < 1.29 is 14.6 Å². The molecule has 1 heterocycles. The van der Waals surface area contributed by atoms with E-state index in [9.17, 15) is 9.90 Å². The number of morpholine rings is 1. The van der Waals surface area contributed by atoms with Crippen LogP contribution < -0.4 is 0 Å². The van der Waals surface area contributed by atoms with Crippen LogP contribution >= 0.6 is 0 Å². The number of nitriles is 1. The van der Waals surface area contributed by atoms with Crippen LogP contribution in [0.5, 0.6) is 0 Å². The maximum atomic E-state index is 13.0. The number of aliphatic hydroxyl groups excluding tert-OH is 1. The van der Waals surface area contributed by atoms with E-state index in [1.54, 1.807) is 23.1 Å². The highest BCUT2D eigenvalue weighted by Crippen LogP contribution is 2.28. The molecular weight excluding hydrogens is 280 g/mol. The average Bonchev–Trinajstić information content (AvgIpc) is 2.54. The molecule has 1 saturated heterocycles. The molecular formula is C17H22N2O3. The number of nitrogens with zero attached hydrogens (tertiary/aromatic N) is 2. The number of benzene rings is 1. The van der Waals surface area contributed by atoms with E-state index < -0.39 is 5.41 Å². The average molecular weight is 302 g/mol. The van der Waals surface area contributed by atoms with Crippen molar-refractivity contribution in [1.29, 1.82) is 5.26 Å². The fourth-order valence-electron chi connectivity index (χ4n) is 2.67. The monoisotopic (exact) mass is 302 g/mol. The maximum absolute atomic E-state index is 13.0. The highest BCUT2D eigenvalue weighted by molar-refractivity contribution is 5.87. The Labute approximate surface area is 131 Å². The molecule has 0 spiro atoms. The molecule has 0 aromatic heterocycles. The SMILES string of the molecule is CC1COC(CO)CN1C(=O)C(C)(C)c1cccc(C#N)c1. The molecule has 5 heteroatoms. The molecule has 1 aliphatic rings. The van der Waals surface area contributed by atoms with Crippen LogP contribution in [0.15, 0.2) is 24.3 Å². The fourth-order valence-corrected chi connectivity index (χ4v) is 2.67. The Kier molecular flexibility index (Phi) is 4.84. The summed E-state index contributed by atoms with van der Waals surface area (Å²) in [6.07, 6.45) is -0.332. The number of hydrogen-bond acceptors (Lipinski definition) is 4. The standard InChI is InChI=1S/C17H22N2O3/c1-12-11-22-15(10-20)9-19(12)16(21)17(2,3)14-6-4-5-13(7-14)8-18/h4-7,12,15,20H,9-11H2,1-3H3. The Bertz CT molecular complexity index is 592. The molecule has 2 atom stereocenters. The second kappa shape index (κ2) is 6.47. The summed E-state index contributed by atoms with van der Waals surface area (Å²) in [7, 11) is 0. The molecule has 2 rings (SSSR count). The number of amides is 1. The van der Waals surface area contributed by atoms with Crippen LogP contribution in [0, 0.1) is 11.3 Å². The van der Waals surface area contributed by atoms with Gasteiger partial charge in [-0.2, -0.15) is 5.26 Å². The van der Waals surface area contributed by atoms with Crippen molar-refractivity contribution in [2.75, 3.05) is 19.8 Å². The lowest BCUT2D eigenvalue weighted by Crippen LogP contribution is -2.56. The summed E-state index contributed by atoms with van der Waals surface area (Å²) in [4.78, 5) is 14.8. The van der Waals surface area contributed by atoms with Crippen molar-refractivity contribution in [2.45, 2.75) is 38.3 Å². The van der Waals surface area contributed by atoms with Crippen molar-refractivity contribution in [3.63, 3.8) is 0 Å². The van der Waals surface area contributed by atoms with Crippen molar-refractivity contribution in [2.24, 2.45) is 0 Å². The number of ether oxygens (including phenoxy) is 1. The van der Waals surface area contributed by atoms with Gasteiger partial charge in [0.2, 0.25) is 5.91 Å². The Morgan fingerprint density at radius 1 is 1.55 bits per heavy atom. The van der Waals surface area contributed by atoms with E-state index in [-0.39, 0.29) is 24.7 Å². The van der Waals surface area contributed by atoms with Crippen LogP contribution in [-0.2, 0) is 14.9 Å². The van der Waals surface area contributed by atoms with E-state index in [0.717, 1.165) is 5.56 Å². The Morgan fingerprint density at radius 3 is 2.91 bits per heavy atom. The Hall–Kier alpha value is -1.90. The van der Waals surface area contributed by atoms with Crippen LogP contribution in [0.3, 0.4) is 0 Å². The van der Waals surface area contributed by atoms with Gasteiger partial charge in [0, 0.05) is 6.54 Å². The number of hydrogen-bond donors (Lipinski definition) is 1. The fraction of sp³-hybridized carbons (Fsp3) is 0.529. The van der Waals surface area contributed by atoms with Gasteiger partial charge in [-0.05, 0) is 38.5 Å². The van der Waals surface area contributed by atoms with Gasteiger partial charge in [0.15, 0.2) is 0 Å². The Morgan fingerprint density at radius 2 is 2.27 bits per heavy atom. The van der Waals surface area contributed by atoms with Gasteiger partial charge in [0.05, 0.1) is 42.4 Å². The molecule has 22 heavy (non-hydrogen) atoms. The topological polar surface area (TPSA) is 73.6 Å². The van der Waals surface area contributed by atoms with Gasteiger partial charge in [0.1, 0.15) is 0 Å². The molecule has 1 aliphatic heterocycles. The number of carbonyl (C=O) groups excluding carboxylic acids is 1. The van der Waals surface area contributed by atoms with E-state index in [2.05, 4.69) is 6.07 Å². The largest absolute Gasteiger partial charge is 0.394 e. The molecule has 0 saturated carbocycles. The number of rotatable bonds is 3. The van der Waals surface area contributed by atoms with Crippen LogP contribution in [0.4, 0.5) is 0 Å². The minimum Gasteiger partial charge on any atom is -0.394 e. The molecule has 0 bridgehead atoms. The van der Waals surface area contributed by atoms with Gasteiger partial charge in [-0.25, -0.2) is 0 Å². The summed E-state index contributed by atoms with van der Waals surface area (Å²) in [5, 5.41) is 18.3. The lowest BCUT2D eigenvalue weighted by Gasteiger charge is -2.41. The van der Waals surface area contributed by atoms with Crippen molar-refractivity contribution >= 4 is 5.91 Å². The zero-order chi connectivity index (χ0) is 16.3. The molecule has 0 aliphatic carbocycles. The minimum atomic E-state index is -0.738. The summed E-state index contributed by atoms with van der Waals surface area (Å²) in [5.41, 5.74) is 0.621. The highest BCUT2D eigenvalue weighted by atomic mass is 16.5. The predicted octanol–water partition coefficient (Wildman–Crippen LogP) is 1.44. The van der Waals surface area contributed by atoms with Crippen LogP contribution in [-0.4, -0.2) is 47.8 Å². The first-order valence-electron chi connectivity index (χ1n) is 7.44. The van der Waals surface area contributed by atoms with E-state index in [1.165, 1.54) is 0 Å². The second-order valence-corrected chi connectivity index (χ2v) is 6.26. The molecule has 1 amide bonds. The third-order valence-electron chi connectivity index (χ3n) is 4.22. The summed E-state index contributed by atoms with van der Waals surface area (Å²) >= 11 is 0. The van der Waals surface area contributed by atoms with E-state index >= 15 is 0 Å². The van der Waals surface area contributed by atoms with Crippen LogP contribution in [0.2, 0.25) is 0 Å². The first-order chi connectivity index (χ1) is 10.4. The second-order valence-electron chi connectivity index (χ2n) is 6.26. The minimum absolute atomic E-state index is 0.0168. The summed E-state index contributed by atoms with van der Waals surface area (Å²) in [5.74, 6) is -0.0168. The molecule has 2 unspecified atom stereocenters. The number of carbonyl (C=O) groups is 1. The first-order valence-corrected chi connectivity index (χ1v) is 7.44. The van der Waals surface area contributed by atoms with Gasteiger partial charge < -0.3 is 14.7 Å². The lowest BCUT2D eigenvalue weighted by atomic mass is 9.82. The lowest BCUT2D eigenvalue weighted by molar-refractivity contribution is -0.151. The summed E-state index contributed by atoms with van der Waals surface area (Å²) < 4.78 is 5.49. The third-order valence-corrected chi connectivity index (χ3v) is 4.22. The molecule has 1 aromatic carbocycles. The molecule has 0 radical (unpaired) electrons. The Balaban J connectivity index is 2.27. The van der Waals surface area contributed by atoms with Crippen LogP contribution in [0.1, 0.15) is 31.9 Å². The zero-order valence-corrected chi connectivity index (χ0v) is 13.2. The van der Waals surface area contributed by atoms with Gasteiger partial charge in [-0.15, -0.1) is 0 Å². The number of aliphatic hydroxyl groups is 1. The quantitative estimate of drug-likeness (QED) is 0.917. The molecule has 5 nitrogen and oxygen atoms in total. The third kappa shape index (κ3) is 3.13. The zero-order valence-electron chi connectivity index (χ0n) is 13.2. The first kappa shape index (κ1) is 16.5. The van der Waals surface area contributed by atoms with Crippen molar-refractivity contribution in [3.05, 3.63) is 35.4 Å². The van der Waals surface area contributed by atoms with Crippen LogP contribution in [0.25, 0.3) is 0 Å². The van der Waals surface area contributed by atoms with E-state index in [4.69, 9.17) is 10.00 Å². The van der Waals surface area contributed by atoms with Gasteiger partial charge in [-0.3, -0.25) is 4.79 Å². The van der Waals surface area contributed by atoms with E-state index in [0.29, 0.717) is 18.7 Å². The predicted molar refractivity (Wildman–Crippen MR) is 82.2 cm³/mol. The van der Waals surface area contributed by atoms with Gasteiger partial charge >= 0.3 is 0 Å². The molecule has 1 N–H and O–H groups in total. The molecule has 1 fully saturated rings. The smallest absolute Gasteiger partial charge is 0.233 e. The maximum Gasteiger partial charge on any atom is 0.233 e. The van der Waals surface area contributed by atoms with E-state index in [1.807, 2.05) is 26.8 Å². The molecule has 1 aromatic rings. The summed E-state index contributed by atoms with van der Waals surface area (Å²) in [6, 6.07) is 9.22. The summed E-state index contributed by atoms with van der Waals surface area (Å²) in [6.45, 7) is 6.38. The van der Waals surface area contributed by atoms with Crippen molar-refractivity contribution in [3.8, 4) is 6.07 Å². The van der Waals surface area contributed by atoms with Gasteiger partial charge in [-0.1, -0.05) is 12.1 Å². The molecule has 118 valence electrons. The van der Waals surface area contributed by atoms with Crippen molar-refractivity contribution in [1.82, 2.24) is 4.90 Å².